The Balaban J connectivity index is 2.48. The van der Waals surface area contributed by atoms with Crippen molar-refractivity contribution in [2.45, 2.75) is 16.8 Å². The molecule has 8 heteroatoms. The molecular weight excluding hydrogens is 299 g/mol. The van der Waals surface area contributed by atoms with Gasteiger partial charge in [-0.1, -0.05) is 11.8 Å². The van der Waals surface area contributed by atoms with E-state index in [1.165, 1.54) is 12.3 Å². The van der Waals surface area contributed by atoms with Crippen LogP contribution in [0.4, 0.5) is 10.1 Å². The average Bonchev–Trinajstić information content (AvgIpc) is 2.40. The fourth-order valence-electron chi connectivity index (χ4n) is 1.64. The van der Waals surface area contributed by atoms with Gasteiger partial charge in [0.05, 0.1) is 15.4 Å². The minimum Gasteiger partial charge on any atom is -0.478 e. The monoisotopic (exact) mass is 308 g/mol. The van der Waals surface area contributed by atoms with Gasteiger partial charge in [-0.2, -0.15) is 0 Å². The highest BCUT2D eigenvalue weighted by Gasteiger charge is 2.21. The van der Waals surface area contributed by atoms with Gasteiger partial charge in [0.15, 0.2) is 5.03 Å². The van der Waals surface area contributed by atoms with Crippen LogP contribution in [0.3, 0.4) is 0 Å². The summed E-state index contributed by atoms with van der Waals surface area (Å²) in [5.41, 5.74) is 0.0733. The first-order chi connectivity index (χ1) is 9.90. The first-order valence-electron chi connectivity index (χ1n) is 5.71. The summed E-state index contributed by atoms with van der Waals surface area (Å²) in [5, 5.41) is 20.0. The molecule has 0 fully saturated rings. The summed E-state index contributed by atoms with van der Waals surface area (Å²) in [4.78, 5) is 25.2. The number of benzene rings is 1. The Labute approximate surface area is 122 Å². The van der Waals surface area contributed by atoms with Crippen LogP contribution in [-0.4, -0.2) is 21.0 Å². The predicted molar refractivity (Wildman–Crippen MR) is 73.1 cm³/mol. The molecule has 108 valence electrons. The third-order valence-corrected chi connectivity index (χ3v) is 3.68. The molecule has 1 heterocycles. The van der Waals surface area contributed by atoms with E-state index < -0.39 is 16.7 Å². The van der Waals surface area contributed by atoms with E-state index >= 15 is 0 Å². The molecule has 2 aromatic rings. The second kappa shape index (κ2) is 5.88. The molecule has 0 aliphatic rings. The Morgan fingerprint density at radius 3 is 2.76 bits per heavy atom. The summed E-state index contributed by atoms with van der Waals surface area (Å²) in [6.45, 7) is 1.55. The maximum atomic E-state index is 13.7. The van der Waals surface area contributed by atoms with E-state index in [0.29, 0.717) is 5.56 Å². The topological polar surface area (TPSA) is 93.3 Å². The normalized spacial score (nSPS) is 10.4. The van der Waals surface area contributed by atoms with Gasteiger partial charge in [0, 0.05) is 11.8 Å². The molecule has 0 spiro atoms. The molecule has 1 aromatic carbocycles. The first kappa shape index (κ1) is 14.9. The van der Waals surface area contributed by atoms with E-state index in [0.717, 1.165) is 30.0 Å². The summed E-state index contributed by atoms with van der Waals surface area (Å²) in [6.07, 6.45) is 1.38. The molecule has 1 N–H and O–H groups in total. The zero-order valence-electron chi connectivity index (χ0n) is 10.7. The molecule has 2 rings (SSSR count). The van der Waals surface area contributed by atoms with Gasteiger partial charge < -0.3 is 5.11 Å². The number of pyridine rings is 1. The number of halogens is 1. The van der Waals surface area contributed by atoms with Crippen molar-refractivity contribution in [1.82, 2.24) is 4.98 Å². The average molecular weight is 308 g/mol. The Morgan fingerprint density at radius 1 is 1.43 bits per heavy atom. The van der Waals surface area contributed by atoms with Crippen LogP contribution in [0.25, 0.3) is 0 Å². The molecule has 0 atom stereocenters. The van der Waals surface area contributed by atoms with Crippen molar-refractivity contribution in [3.63, 3.8) is 0 Å². The van der Waals surface area contributed by atoms with Crippen molar-refractivity contribution in [1.29, 1.82) is 0 Å². The zero-order valence-corrected chi connectivity index (χ0v) is 11.6. The SMILES string of the molecule is Cc1ccnc(Sc2cc(C(=O)O)ccc2F)c1[N+](=O)[O-]. The van der Waals surface area contributed by atoms with Crippen molar-refractivity contribution in [2.75, 3.05) is 0 Å². The van der Waals surface area contributed by atoms with E-state index in [1.807, 2.05) is 0 Å². The van der Waals surface area contributed by atoms with E-state index in [4.69, 9.17) is 5.11 Å². The molecule has 21 heavy (non-hydrogen) atoms. The zero-order chi connectivity index (χ0) is 15.6. The molecule has 6 nitrogen and oxygen atoms in total. The number of nitrogens with zero attached hydrogens (tertiary/aromatic N) is 2. The molecule has 0 aliphatic carbocycles. The molecule has 0 radical (unpaired) electrons. The standard InChI is InChI=1S/C13H9FN2O4S/c1-7-4-5-15-12(11(7)16(19)20)21-10-6-8(13(17)18)2-3-9(10)14/h2-6H,1H3,(H,17,18). The summed E-state index contributed by atoms with van der Waals surface area (Å²) in [6, 6.07) is 4.73. The van der Waals surface area contributed by atoms with Gasteiger partial charge in [-0.05, 0) is 31.2 Å². The lowest BCUT2D eigenvalue weighted by Gasteiger charge is -2.06. The van der Waals surface area contributed by atoms with Crippen LogP contribution in [0.5, 0.6) is 0 Å². The molecule has 0 saturated heterocycles. The van der Waals surface area contributed by atoms with Crippen LogP contribution in [0.15, 0.2) is 40.4 Å². The van der Waals surface area contributed by atoms with Crippen LogP contribution in [0.1, 0.15) is 15.9 Å². The maximum Gasteiger partial charge on any atom is 0.335 e. The Morgan fingerprint density at radius 2 is 2.14 bits per heavy atom. The van der Waals surface area contributed by atoms with E-state index in [2.05, 4.69) is 4.98 Å². The number of carboxylic acids is 1. The highest BCUT2D eigenvalue weighted by molar-refractivity contribution is 7.99. The lowest BCUT2D eigenvalue weighted by atomic mass is 10.2. The molecule has 0 unspecified atom stereocenters. The van der Waals surface area contributed by atoms with Gasteiger partial charge in [-0.15, -0.1) is 0 Å². The third-order valence-electron chi connectivity index (χ3n) is 2.66. The Bertz CT molecular complexity index is 736. The van der Waals surface area contributed by atoms with Gasteiger partial charge in [-0.3, -0.25) is 10.1 Å². The maximum absolute atomic E-state index is 13.7. The van der Waals surface area contributed by atoms with Crippen LogP contribution in [-0.2, 0) is 0 Å². The number of aromatic nitrogens is 1. The summed E-state index contributed by atoms with van der Waals surface area (Å²) in [7, 11) is 0. The van der Waals surface area contributed by atoms with Crippen molar-refractivity contribution in [3.05, 3.63) is 57.5 Å². The molecule has 0 saturated carbocycles. The van der Waals surface area contributed by atoms with Crippen LogP contribution < -0.4 is 0 Å². The van der Waals surface area contributed by atoms with Crippen LogP contribution in [0.2, 0.25) is 0 Å². The van der Waals surface area contributed by atoms with Crippen molar-refractivity contribution in [2.24, 2.45) is 0 Å². The highest BCUT2D eigenvalue weighted by Crippen LogP contribution is 2.36. The summed E-state index contributed by atoms with van der Waals surface area (Å²) < 4.78 is 13.7. The number of aromatic carboxylic acids is 1. The van der Waals surface area contributed by atoms with E-state index in [9.17, 15) is 19.3 Å². The number of hydrogen-bond donors (Lipinski definition) is 1. The van der Waals surface area contributed by atoms with E-state index in [-0.39, 0.29) is 21.2 Å². The van der Waals surface area contributed by atoms with Crippen LogP contribution >= 0.6 is 11.8 Å². The Hall–Kier alpha value is -2.48. The second-order valence-electron chi connectivity index (χ2n) is 4.09. The fourth-order valence-corrected chi connectivity index (χ4v) is 2.65. The first-order valence-corrected chi connectivity index (χ1v) is 6.52. The minimum absolute atomic E-state index is 0.0152. The van der Waals surface area contributed by atoms with Gasteiger partial charge in [0.25, 0.3) is 0 Å². The largest absolute Gasteiger partial charge is 0.478 e. The van der Waals surface area contributed by atoms with Crippen molar-refractivity contribution >= 4 is 23.4 Å². The predicted octanol–water partition coefficient (Wildman–Crippen LogP) is 3.29. The number of carboxylic acid groups (broad SMARTS) is 1. The van der Waals surface area contributed by atoms with Crippen molar-refractivity contribution in [3.8, 4) is 0 Å². The third kappa shape index (κ3) is 3.16. The fraction of sp³-hybridized carbons (Fsp3) is 0.0769. The van der Waals surface area contributed by atoms with Crippen LogP contribution in [0, 0.1) is 22.9 Å². The minimum atomic E-state index is -1.21. The lowest BCUT2D eigenvalue weighted by molar-refractivity contribution is -0.388. The molecule has 0 bridgehead atoms. The number of carbonyl (C=O) groups is 1. The molecular formula is C13H9FN2O4S. The van der Waals surface area contributed by atoms with Crippen molar-refractivity contribution < 1.29 is 19.2 Å². The summed E-state index contributed by atoms with van der Waals surface area (Å²) >= 11 is 0.724. The molecule has 1 aromatic heterocycles. The number of rotatable bonds is 4. The molecule has 0 amide bonds. The van der Waals surface area contributed by atoms with Gasteiger partial charge in [0.2, 0.25) is 0 Å². The van der Waals surface area contributed by atoms with Gasteiger partial charge in [0.1, 0.15) is 5.82 Å². The highest BCUT2D eigenvalue weighted by atomic mass is 32.2. The number of aryl methyl sites for hydroxylation is 1. The Kier molecular flexibility index (Phi) is 4.18. The van der Waals surface area contributed by atoms with Gasteiger partial charge in [-0.25, -0.2) is 14.2 Å². The summed E-state index contributed by atoms with van der Waals surface area (Å²) in [5.74, 6) is -1.87. The lowest BCUT2D eigenvalue weighted by Crippen LogP contribution is -1.99. The van der Waals surface area contributed by atoms with E-state index in [1.54, 1.807) is 6.92 Å². The quantitative estimate of drug-likeness (QED) is 0.688. The smallest absolute Gasteiger partial charge is 0.335 e. The molecule has 0 aliphatic heterocycles. The second-order valence-corrected chi connectivity index (χ2v) is 5.12. The van der Waals surface area contributed by atoms with Gasteiger partial charge >= 0.3 is 11.7 Å². The number of hydrogen-bond acceptors (Lipinski definition) is 5. The number of nitro groups is 1.